The Morgan fingerprint density at radius 2 is 1.78 bits per heavy atom. The first-order valence-electron chi connectivity index (χ1n) is 5.32. The quantitative estimate of drug-likeness (QED) is 0.381. The number of carbonyl (C=O) groups is 2. The van der Waals surface area contributed by atoms with Crippen molar-refractivity contribution < 1.29 is 19.2 Å². The molecule has 0 aliphatic carbocycles. The second-order valence-corrected chi connectivity index (χ2v) is 3.85. The first kappa shape index (κ1) is 13.9. The first-order valence-corrected chi connectivity index (χ1v) is 5.32. The van der Waals surface area contributed by atoms with Crippen LogP contribution in [0.4, 0.5) is 0 Å². The summed E-state index contributed by atoms with van der Waals surface area (Å²) in [5.41, 5.74) is 2.42. The third-order valence-electron chi connectivity index (χ3n) is 2.26. The Hall–Kier alpha value is -2.14. The highest BCUT2D eigenvalue weighted by atomic mass is 16.7. The van der Waals surface area contributed by atoms with E-state index in [1.807, 2.05) is 13.8 Å². The van der Waals surface area contributed by atoms with Crippen LogP contribution in [0, 0.1) is 13.8 Å². The maximum atomic E-state index is 10.9. The highest BCUT2D eigenvalue weighted by molar-refractivity contribution is 5.87. The summed E-state index contributed by atoms with van der Waals surface area (Å²) in [5.74, 6) is 4.26. The topological polar surface area (TPSA) is 78.6 Å². The third-order valence-corrected chi connectivity index (χ3v) is 2.26. The molecule has 0 saturated heterocycles. The number of hydrogen-bond donors (Lipinski definition) is 1. The molecule has 18 heavy (non-hydrogen) atoms. The molecular weight excluding hydrogens is 234 g/mol. The van der Waals surface area contributed by atoms with Gasteiger partial charge in [-0.1, -0.05) is 0 Å². The van der Waals surface area contributed by atoms with Crippen molar-refractivity contribution >= 4 is 18.0 Å². The van der Waals surface area contributed by atoms with E-state index in [9.17, 15) is 9.59 Å². The standard InChI is InChI=1S/C13H15NO4/c1-8-6-11(4-5-12(16)18-14)7-9(2)13(8)17-10(3)15/h4-7H,14H2,1-3H3/b5-4+. The molecule has 0 aliphatic rings. The molecule has 0 amide bonds. The lowest BCUT2D eigenvalue weighted by Gasteiger charge is -2.10. The molecule has 0 bridgehead atoms. The smallest absolute Gasteiger partial charge is 0.349 e. The molecule has 5 heteroatoms. The van der Waals surface area contributed by atoms with Crippen molar-refractivity contribution in [1.29, 1.82) is 0 Å². The van der Waals surface area contributed by atoms with Gasteiger partial charge in [-0.3, -0.25) is 4.79 Å². The maximum Gasteiger partial charge on any atom is 0.349 e. The number of nitrogens with two attached hydrogens (primary N) is 1. The fourth-order valence-corrected chi connectivity index (χ4v) is 1.59. The van der Waals surface area contributed by atoms with Gasteiger partial charge in [-0.2, -0.15) is 5.90 Å². The summed E-state index contributed by atoms with van der Waals surface area (Å²) in [7, 11) is 0. The predicted molar refractivity (Wildman–Crippen MR) is 66.5 cm³/mol. The normalized spacial score (nSPS) is 10.4. The van der Waals surface area contributed by atoms with Crippen LogP contribution in [0.3, 0.4) is 0 Å². The molecule has 0 atom stereocenters. The molecule has 0 saturated carbocycles. The Kier molecular flexibility index (Phi) is 4.62. The fraction of sp³-hybridized carbons (Fsp3) is 0.231. The number of esters is 1. The summed E-state index contributed by atoms with van der Waals surface area (Å²) in [6.07, 6.45) is 2.80. The van der Waals surface area contributed by atoms with Gasteiger partial charge < -0.3 is 9.57 Å². The zero-order valence-corrected chi connectivity index (χ0v) is 10.5. The van der Waals surface area contributed by atoms with Crippen LogP contribution in [-0.4, -0.2) is 11.9 Å². The van der Waals surface area contributed by atoms with Crippen molar-refractivity contribution in [1.82, 2.24) is 0 Å². The third kappa shape index (κ3) is 3.71. The van der Waals surface area contributed by atoms with Crippen LogP contribution in [0.15, 0.2) is 18.2 Å². The molecule has 1 rings (SSSR count). The van der Waals surface area contributed by atoms with Gasteiger partial charge in [-0.15, -0.1) is 0 Å². The van der Waals surface area contributed by atoms with Gasteiger partial charge in [0, 0.05) is 13.0 Å². The van der Waals surface area contributed by atoms with Crippen LogP contribution in [-0.2, 0) is 14.4 Å². The lowest BCUT2D eigenvalue weighted by atomic mass is 10.1. The van der Waals surface area contributed by atoms with E-state index in [-0.39, 0.29) is 5.97 Å². The van der Waals surface area contributed by atoms with E-state index in [2.05, 4.69) is 4.84 Å². The highest BCUT2D eigenvalue weighted by Crippen LogP contribution is 2.25. The minimum atomic E-state index is -0.630. The monoisotopic (exact) mass is 249 g/mol. The lowest BCUT2D eigenvalue weighted by molar-refractivity contribution is -0.138. The van der Waals surface area contributed by atoms with E-state index in [0.29, 0.717) is 5.75 Å². The van der Waals surface area contributed by atoms with Crippen LogP contribution < -0.4 is 10.6 Å². The molecule has 0 radical (unpaired) electrons. The number of ether oxygens (including phenoxy) is 1. The van der Waals surface area contributed by atoms with Gasteiger partial charge in [-0.25, -0.2) is 4.79 Å². The SMILES string of the molecule is CC(=O)Oc1c(C)cc(/C=C/C(=O)ON)cc1C. The number of carbonyl (C=O) groups excluding carboxylic acids is 2. The Labute approximate surface area is 105 Å². The van der Waals surface area contributed by atoms with Crippen molar-refractivity contribution in [2.24, 2.45) is 5.90 Å². The van der Waals surface area contributed by atoms with Crippen molar-refractivity contribution in [3.8, 4) is 5.75 Å². The maximum absolute atomic E-state index is 10.9. The van der Waals surface area contributed by atoms with Gasteiger partial charge in [0.2, 0.25) is 0 Å². The molecule has 0 unspecified atom stereocenters. The van der Waals surface area contributed by atoms with E-state index in [0.717, 1.165) is 16.7 Å². The number of benzene rings is 1. The average molecular weight is 249 g/mol. The minimum absolute atomic E-state index is 0.365. The van der Waals surface area contributed by atoms with E-state index >= 15 is 0 Å². The largest absolute Gasteiger partial charge is 0.426 e. The molecule has 0 spiro atoms. The fourth-order valence-electron chi connectivity index (χ4n) is 1.59. The molecule has 5 nitrogen and oxygen atoms in total. The Morgan fingerprint density at radius 3 is 2.22 bits per heavy atom. The van der Waals surface area contributed by atoms with Gasteiger partial charge >= 0.3 is 11.9 Å². The van der Waals surface area contributed by atoms with Crippen molar-refractivity contribution in [3.63, 3.8) is 0 Å². The van der Waals surface area contributed by atoms with E-state index in [4.69, 9.17) is 10.6 Å². The molecule has 1 aromatic rings. The van der Waals surface area contributed by atoms with Crippen LogP contribution in [0.2, 0.25) is 0 Å². The predicted octanol–water partition coefficient (Wildman–Crippen LogP) is 1.66. The van der Waals surface area contributed by atoms with Crippen LogP contribution in [0.25, 0.3) is 6.08 Å². The lowest BCUT2D eigenvalue weighted by Crippen LogP contribution is -2.06. The zero-order chi connectivity index (χ0) is 13.7. The van der Waals surface area contributed by atoms with Gasteiger partial charge in [0.1, 0.15) is 5.75 Å². The molecule has 0 fully saturated rings. The van der Waals surface area contributed by atoms with Gasteiger partial charge in [0.05, 0.1) is 0 Å². The molecule has 0 aliphatic heterocycles. The van der Waals surface area contributed by atoms with Crippen molar-refractivity contribution in [2.75, 3.05) is 0 Å². The van der Waals surface area contributed by atoms with Crippen LogP contribution in [0.1, 0.15) is 23.6 Å². The van der Waals surface area contributed by atoms with Gasteiger partial charge in [-0.05, 0) is 48.7 Å². The summed E-state index contributed by atoms with van der Waals surface area (Å²) in [6.45, 7) is 5.00. The molecule has 0 aromatic heterocycles. The van der Waals surface area contributed by atoms with Gasteiger partial charge in [0.25, 0.3) is 0 Å². The second kappa shape index (κ2) is 5.97. The molecule has 96 valence electrons. The Morgan fingerprint density at radius 1 is 1.22 bits per heavy atom. The number of rotatable bonds is 3. The highest BCUT2D eigenvalue weighted by Gasteiger charge is 2.07. The van der Waals surface area contributed by atoms with E-state index in [1.165, 1.54) is 13.0 Å². The Bertz CT molecular complexity index is 483. The average Bonchev–Trinajstić information content (AvgIpc) is 2.30. The molecule has 0 heterocycles. The van der Waals surface area contributed by atoms with Crippen molar-refractivity contribution in [3.05, 3.63) is 34.9 Å². The summed E-state index contributed by atoms with van der Waals surface area (Å²) in [4.78, 5) is 25.8. The zero-order valence-electron chi connectivity index (χ0n) is 10.5. The summed E-state index contributed by atoms with van der Waals surface area (Å²) < 4.78 is 5.10. The summed E-state index contributed by atoms with van der Waals surface area (Å²) >= 11 is 0. The summed E-state index contributed by atoms with van der Waals surface area (Å²) in [5, 5.41) is 0. The molecule has 1 aromatic carbocycles. The summed E-state index contributed by atoms with van der Waals surface area (Å²) in [6, 6.07) is 3.59. The van der Waals surface area contributed by atoms with Gasteiger partial charge in [0.15, 0.2) is 0 Å². The van der Waals surface area contributed by atoms with E-state index < -0.39 is 5.97 Å². The number of aryl methyl sites for hydroxylation is 2. The van der Waals surface area contributed by atoms with Crippen LogP contribution >= 0.6 is 0 Å². The molecule has 2 N–H and O–H groups in total. The first-order chi connectivity index (χ1) is 8.43. The number of hydrogen-bond acceptors (Lipinski definition) is 5. The van der Waals surface area contributed by atoms with Crippen molar-refractivity contribution in [2.45, 2.75) is 20.8 Å². The van der Waals surface area contributed by atoms with Crippen LogP contribution in [0.5, 0.6) is 5.75 Å². The Balaban J connectivity index is 3.03. The van der Waals surface area contributed by atoms with E-state index in [1.54, 1.807) is 18.2 Å². The molecular formula is C13H15NO4. The second-order valence-electron chi connectivity index (χ2n) is 3.85. The minimum Gasteiger partial charge on any atom is -0.426 e.